The van der Waals surface area contributed by atoms with Crippen molar-refractivity contribution in [3.63, 3.8) is 0 Å². The molecule has 0 bridgehead atoms. The predicted octanol–water partition coefficient (Wildman–Crippen LogP) is 5.91. The molecule has 3 fully saturated rings. The highest BCUT2D eigenvalue weighted by Gasteiger charge is 2.31. The number of carbonyl (C=O) groups is 2. The lowest BCUT2D eigenvalue weighted by Crippen LogP contribution is -2.49. The summed E-state index contributed by atoms with van der Waals surface area (Å²) in [7, 11) is -1.92. The predicted molar refractivity (Wildman–Crippen MR) is 208 cm³/mol. The van der Waals surface area contributed by atoms with Crippen LogP contribution in [0.5, 0.6) is 0 Å². The first kappa shape index (κ1) is 37.0. The van der Waals surface area contributed by atoms with Gasteiger partial charge < -0.3 is 5.32 Å². The van der Waals surface area contributed by atoms with Gasteiger partial charge in [-0.05, 0) is 91.7 Å². The molecule has 8 rings (SSSR count). The molecular formula is C39H41ClFN9O4S. The van der Waals surface area contributed by atoms with E-state index < -0.39 is 21.9 Å². The van der Waals surface area contributed by atoms with Crippen molar-refractivity contribution in [3.8, 4) is 11.1 Å². The van der Waals surface area contributed by atoms with Gasteiger partial charge in [0.2, 0.25) is 21.9 Å². The molecule has 5 aromatic rings. The van der Waals surface area contributed by atoms with Crippen molar-refractivity contribution in [2.24, 2.45) is 7.05 Å². The second kappa shape index (κ2) is 15.3. The molecule has 3 aliphatic rings. The molecule has 286 valence electrons. The monoisotopic (exact) mass is 785 g/mol. The van der Waals surface area contributed by atoms with Crippen molar-refractivity contribution in [2.45, 2.75) is 55.5 Å². The Labute approximate surface area is 323 Å². The van der Waals surface area contributed by atoms with Crippen molar-refractivity contribution >= 4 is 56.2 Å². The number of hydrogen-bond acceptors (Lipinski definition) is 9. The van der Waals surface area contributed by atoms with Crippen molar-refractivity contribution in [1.82, 2.24) is 34.3 Å². The highest BCUT2D eigenvalue weighted by Crippen LogP contribution is 2.35. The van der Waals surface area contributed by atoms with Gasteiger partial charge in [-0.25, -0.2) is 27.6 Å². The number of likely N-dealkylation sites (tertiary alicyclic amines) is 1. The summed E-state index contributed by atoms with van der Waals surface area (Å²) in [4.78, 5) is 36.4. The lowest BCUT2D eigenvalue weighted by molar-refractivity contribution is -0.120. The lowest BCUT2D eigenvalue weighted by atomic mass is 9.88. The van der Waals surface area contributed by atoms with Crippen LogP contribution in [0, 0.1) is 5.82 Å². The number of piperidine rings is 2. The summed E-state index contributed by atoms with van der Waals surface area (Å²) in [6.07, 6.45) is 6.33. The van der Waals surface area contributed by atoms with Crippen LogP contribution in [0.4, 0.5) is 21.0 Å². The number of rotatable bonds is 9. The van der Waals surface area contributed by atoms with E-state index in [0.29, 0.717) is 72.9 Å². The number of halogens is 2. The Bertz CT molecular complexity index is 2360. The number of carbonyl (C=O) groups excluding carboxylic acids is 2. The maximum Gasteiger partial charge on any atom is 0.329 e. The number of nitrogens with one attached hydrogen (secondary N) is 2. The standard InChI is InChI=1S/C39H41ClFN9O4S/c1-47-35-21-27(6-8-33(35)37(46-47)50-18-13-36(51)45-39(50)52)26-9-14-48(15-10-26)24-25-5-7-32(34(41)19-25)28-3-2-4-31(20-28)55(53,54)49-16-11-30(12-17-49)44-38-42-22-29(40)23-43-38/h2-8,19-23,26,30H,9-18,24H2,1H3,(H,42,43,44)(H,45,51,52). The van der Waals surface area contributed by atoms with Gasteiger partial charge in [-0.3, -0.25) is 24.6 Å². The number of fused-ring (bicyclic) bond motifs is 1. The number of anilines is 2. The number of benzene rings is 3. The van der Waals surface area contributed by atoms with Crippen LogP contribution in [-0.2, 0) is 28.4 Å². The second-order valence-corrected chi connectivity index (χ2v) is 16.8. The smallest absolute Gasteiger partial charge is 0.329 e. The quantitative estimate of drug-likeness (QED) is 0.186. The molecule has 0 radical (unpaired) electrons. The van der Waals surface area contributed by atoms with E-state index in [0.717, 1.165) is 42.4 Å². The Balaban J connectivity index is 0.873. The molecule has 3 aromatic carbocycles. The van der Waals surface area contributed by atoms with Crippen LogP contribution in [0.2, 0.25) is 5.02 Å². The van der Waals surface area contributed by atoms with Gasteiger partial charge in [0.25, 0.3) is 0 Å². The van der Waals surface area contributed by atoms with Crippen LogP contribution in [-0.4, -0.2) is 88.1 Å². The molecule has 13 nitrogen and oxygen atoms in total. The Kier molecular flexibility index (Phi) is 10.3. The topological polar surface area (TPSA) is 146 Å². The maximum atomic E-state index is 15.7. The number of aromatic nitrogens is 4. The van der Waals surface area contributed by atoms with Gasteiger partial charge in [-0.1, -0.05) is 41.9 Å². The lowest BCUT2D eigenvalue weighted by Gasteiger charge is -2.32. The molecule has 0 atom stereocenters. The fourth-order valence-corrected chi connectivity index (χ4v) is 9.45. The molecule has 2 aromatic heterocycles. The molecule has 55 heavy (non-hydrogen) atoms. The number of nitrogens with zero attached hydrogens (tertiary/aromatic N) is 7. The average molecular weight is 786 g/mol. The third-order valence-corrected chi connectivity index (χ3v) is 12.9. The van der Waals surface area contributed by atoms with E-state index >= 15 is 4.39 Å². The van der Waals surface area contributed by atoms with Gasteiger partial charge in [0, 0.05) is 56.6 Å². The number of aryl methyl sites for hydroxylation is 1. The zero-order valence-corrected chi connectivity index (χ0v) is 31.9. The van der Waals surface area contributed by atoms with Crippen LogP contribution < -0.4 is 15.5 Å². The minimum atomic E-state index is -3.78. The van der Waals surface area contributed by atoms with Crippen molar-refractivity contribution in [2.75, 3.05) is 42.9 Å². The van der Waals surface area contributed by atoms with E-state index in [-0.39, 0.29) is 23.3 Å². The second-order valence-electron chi connectivity index (χ2n) is 14.4. The van der Waals surface area contributed by atoms with Gasteiger partial charge in [-0.15, -0.1) is 0 Å². The molecule has 0 saturated carbocycles. The van der Waals surface area contributed by atoms with Crippen LogP contribution in [0.25, 0.3) is 22.0 Å². The maximum absolute atomic E-state index is 15.7. The first-order valence-electron chi connectivity index (χ1n) is 18.5. The largest absolute Gasteiger partial charge is 0.351 e. The number of urea groups is 1. The number of hydrogen-bond donors (Lipinski definition) is 2. The van der Waals surface area contributed by atoms with Gasteiger partial charge >= 0.3 is 6.03 Å². The van der Waals surface area contributed by atoms with Crippen molar-refractivity contribution in [3.05, 3.63) is 95.0 Å². The van der Waals surface area contributed by atoms with E-state index in [2.05, 4.69) is 42.7 Å². The minimum Gasteiger partial charge on any atom is -0.351 e. The molecule has 0 unspecified atom stereocenters. The van der Waals surface area contributed by atoms with Crippen LogP contribution in [0.1, 0.15) is 49.1 Å². The molecule has 3 aliphatic heterocycles. The summed E-state index contributed by atoms with van der Waals surface area (Å²) in [5.41, 5.74) is 3.86. The van der Waals surface area contributed by atoms with Crippen LogP contribution >= 0.6 is 11.6 Å². The summed E-state index contributed by atoms with van der Waals surface area (Å²) in [6, 6.07) is 17.6. The summed E-state index contributed by atoms with van der Waals surface area (Å²) in [5.74, 6) is 0.682. The summed E-state index contributed by atoms with van der Waals surface area (Å²) >= 11 is 5.88. The molecule has 5 heterocycles. The fourth-order valence-electron chi connectivity index (χ4n) is 7.83. The highest BCUT2D eigenvalue weighted by molar-refractivity contribution is 7.89. The summed E-state index contributed by atoms with van der Waals surface area (Å²) < 4.78 is 46.2. The van der Waals surface area contributed by atoms with E-state index in [1.165, 1.54) is 27.2 Å². The normalized spacial score (nSPS) is 18.2. The van der Waals surface area contributed by atoms with Crippen molar-refractivity contribution in [1.29, 1.82) is 0 Å². The molecular weight excluding hydrogens is 745 g/mol. The number of sulfonamides is 1. The zero-order chi connectivity index (χ0) is 38.3. The van der Waals surface area contributed by atoms with E-state index in [1.807, 2.05) is 19.2 Å². The summed E-state index contributed by atoms with van der Waals surface area (Å²) in [5, 5.41) is 11.5. The molecule has 2 N–H and O–H groups in total. The molecule has 3 saturated heterocycles. The first-order valence-corrected chi connectivity index (χ1v) is 20.3. The average Bonchev–Trinajstić information content (AvgIpc) is 3.51. The van der Waals surface area contributed by atoms with Gasteiger partial charge in [-0.2, -0.15) is 9.40 Å². The van der Waals surface area contributed by atoms with E-state index in [9.17, 15) is 18.0 Å². The third kappa shape index (κ3) is 7.79. The zero-order valence-electron chi connectivity index (χ0n) is 30.3. The van der Waals surface area contributed by atoms with E-state index in [4.69, 9.17) is 11.6 Å². The molecule has 0 spiro atoms. The first-order chi connectivity index (χ1) is 26.5. The van der Waals surface area contributed by atoms with Gasteiger partial charge in [0.05, 0.1) is 27.8 Å². The van der Waals surface area contributed by atoms with Crippen LogP contribution in [0.3, 0.4) is 0 Å². The van der Waals surface area contributed by atoms with E-state index in [1.54, 1.807) is 41.1 Å². The molecule has 0 aliphatic carbocycles. The third-order valence-electron chi connectivity index (χ3n) is 10.9. The Hall–Kier alpha value is -4.96. The minimum absolute atomic E-state index is 0.0302. The van der Waals surface area contributed by atoms with Gasteiger partial charge in [0.15, 0.2) is 5.82 Å². The fraction of sp³-hybridized carbons (Fsp3) is 0.359. The Morgan fingerprint density at radius 2 is 1.69 bits per heavy atom. The van der Waals surface area contributed by atoms with Crippen LogP contribution in [0.15, 0.2) is 78.0 Å². The Morgan fingerprint density at radius 3 is 2.42 bits per heavy atom. The highest BCUT2D eigenvalue weighted by atomic mass is 35.5. The van der Waals surface area contributed by atoms with Gasteiger partial charge in [0.1, 0.15) is 5.82 Å². The SMILES string of the molecule is Cn1nc(N2CCC(=O)NC2=O)c2ccc(C3CCN(Cc4ccc(-c5cccc(S(=O)(=O)N6CCC(Nc7ncc(Cl)cn7)CC6)c5)c(F)c4)CC3)cc21. The Morgan fingerprint density at radius 1 is 0.927 bits per heavy atom. The molecule has 16 heteroatoms. The van der Waals surface area contributed by atoms with Crippen molar-refractivity contribution < 1.29 is 22.4 Å². The number of amides is 3. The summed E-state index contributed by atoms with van der Waals surface area (Å²) in [6.45, 7) is 3.29. The molecule has 3 amide bonds. The number of imide groups is 1.